The predicted octanol–water partition coefficient (Wildman–Crippen LogP) is 21.2. The molecule has 6 heteroatoms. The Labute approximate surface area is 462 Å². The Morgan fingerprint density at radius 1 is 0.280 bits per heavy atom. The molecule has 0 aliphatic rings. The molecule has 0 fully saturated rings. The number of hydrogen-bond donors (Lipinski definition) is 0. The first kappa shape index (κ1) is 70.8. The fourth-order valence-corrected chi connectivity index (χ4v) is 8.27. The molecule has 0 aromatic rings. The van der Waals surface area contributed by atoms with Gasteiger partial charge in [0.25, 0.3) is 0 Å². The number of hydrogen-bond acceptors (Lipinski definition) is 6. The third-order valence-corrected chi connectivity index (χ3v) is 12.9. The van der Waals surface area contributed by atoms with Crippen LogP contribution in [0.5, 0.6) is 0 Å². The number of carbonyl (C=O) groups excluding carboxylic acids is 3. The average molecular weight is 1040 g/mol. The first-order chi connectivity index (χ1) is 37.0. The van der Waals surface area contributed by atoms with Crippen molar-refractivity contribution in [3.8, 4) is 0 Å². The maximum Gasteiger partial charge on any atom is 0.306 e. The summed E-state index contributed by atoms with van der Waals surface area (Å²) < 4.78 is 16.9. The van der Waals surface area contributed by atoms with Crippen LogP contribution in [0, 0.1) is 0 Å². The summed E-state index contributed by atoms with van der Waals surface area (Å²) in [6.07, 6.45) is 86.2. The zero-order chi connectivity index (χ0) is 54.3. The Hall–Kier alpha value is -4.19. The van der Waals surface area contributed by atoms with Crippen LogP contribution >= 0.6 is 0 Å². The molecule has 426 valence electrons. The van der Waals surface area contributed by atoms with Crippen molar-refractivity contribution in [1.82, 2.24) is 0 Å². The summed E-state index contributed by atoms with van der Waals surface area (Å²) in [6.45, 7) is 6.45. The number of unbranched alkanes of at least 4 members (excludes halogenated alkanes) is 24. The Kier molecular flexibility index (Phi) is 58.9. The summed E-state index contributed by atoms with van der Waals surface area (Å²) in [5, 5.41) is 0. The van der Waals surface area contributed by atoms with Crippen LogP contribution in [0.1, 0.15) is 278 Å². The van der Waals surface area contributed by atoms with Gasteiger partial charge in [-0.25, -0.2) is 0 Å². The lowest BCUT2D eigenvalue weighted by molar-refractivity contribution is -0.167. The van der Waals surface area contributed by atoms with Crippen LogP contribution in [0.2, 0.25) is 0 Å². The van der Waals surface area contributed by atoms with Crippen molar-refractivity contribution < 1.29 is 28.6 Å². The lowest BCUT2D eigenvalue weighted by atomic mass is 10.1. The van der Waals surface area contributed by atoms with Gasteiger partial charge in [-0.1, -0.05) is 245 Å². The maximum absolute atomic E-state index is 12.9. The Morgan fingerprint density at radius 2 is 0.520 bits per heavy atom. The average Bonchev–Trinajstić information content (AvgIpc) is 3.41. The van der Waals surface area contributed by atoms with E-state index in [0.29, 0.717) is 25.7 Å². The van der Waals surface area contributed by atoms with Crippen molar-refractivity contribution in [3.05, 3.63) is 122 Å². The number of ether oxygens (including phenoxy) is 3. The van der Waals surface area contributed by atoms with E-state index in [9.17, 15) is 14.4 Å². The molecule has 0 radical (unpaired) electrons. The standard InChI is InChI=1S/C69H114O6/c1-4-7-10-13-16-19-22-25-28-30-32-34-36-38-41-44-47-50-53-56-59-62-68(71)74-65-66(64-73-67(70)61-58-55-52-49-46-43-40-27-24-21-18-15-12-9-6-3)75-69(72)63-60-57-54-51-48-45-42-39-37-35-33-31-29-26-23-20-17-14-11-8-5-2/h7,10,16,18-19,21,23,25-28,31-34,38,40-41,47,50,66H,4-6,8-9,11-15,17,20,22,24,29-30,35-37,39,42-46,48-49,51-65H2,1-3H3/b10-7-,19-16-,21-18-,26-23-,28-25-,33-31-,34-32-,40-27-,41-38-,50-47-. The first-order valence-electron chi connectivity index (χ1n) is 31.0. The van der Waals surface area contributed by atoms with E-state index in [2.05, 4.69) is 142 Å². The van der Waals surface area contributed by atoms with Crippen LogP contribution in [-0.4, -0.2) is 37.2 Å². The molecule has 0 heterocycles. The van der Waals surface area contributed by atoms with E-state index >= 15 is 0 Å². The van der Waals surface area contributed by atoms with Gasteiger partial charge in [-0.05, 0) is 135 Å². The minimum atomic E-state index is -0.809. The van der Waals surface area contributed by atoms with Crippen LogP contribution < -0.4 is 0 Å². The number of esters is 3. The van der Waals surface area contributed by atoms with Gasteiger partial charge in [-0.15, -0.1) is 0 Å². The van der Waals surface area contributed by atoms with Gasteiger partial charge in [0, 0.05) is 19.3 Å². The Balaban J connectivity index is 4.49. The molecule has 0 saturated carbocycles. The molecular weight excluding hydrogens is 925 g/mol. The van der Waals surface area contributed by atoms with Crippen LogP contribution in [0.3, 0.4) is 0 Å². The molecule has 0 spiro atoms. The fraction of sp³-hybridized carbons (Fsp3) is 0.667. The summed E-state index contributed by atoms with van der Waals surface area (Å²) in [6, 6.07) is 0. The van der Waals surface area contributed by atoms with Crippen molar-refractivity contribution >= 4 is 17.9 Å². The van der Waals surface area contributed by atoms with Gasteiger partial charge < -0.3 is 14.2 Å². The minimum absolute atomic E-state index is 0.103. The van der Waals surface area contributed by atoms with Crippen molar-refractivity contribution in [2.24, 2.45) is 0 Å². The van der Waals surface area contributed by atoms with Crippen LogP contribution in [0.15, 0.2) is 122 Å². The van der Waals surface area contributed by atoms with Crippen molar-refractivity contribution in [2.75, 3.05) is 13.2 Å². The second-order valence-corrected chi connectivity index (χ2v) is 20.2. The zero-order valence-corrected chi connectivity index (χ0v) is 48.8. The normalized spacial score (nSPS) is 12.9. The summed E-state index contributed by atoms with van der Waals surface area (Å²) in [7, 11) is 0. The monoisotopic (exact) mass is 1040 g/mol. The summed E-state index contributed by atoms with van der Waals surface area (Å²) >= 11 is 0. The number of rotatable bonds is 55. The molecule has 0 bridgehead atoms. The molecule has 0 saturated heterocycles. The van der Waals surface area contributed by atoms with E-state index in [4.69, 9.17) is 14.2 Å². The molecule has 0 aromatic carbocycles. The van der Waals surface area contributed by atoms with Gasteiger partial charge >= 0.3 is 17.9 Å². The molecule has 0 amide bonds. The lowest BCUT2D eigenvalue weighted by Crippen LogP contribution is -2.30. The molecular formula is C69H114O6. The largest absolute Gasteiger partial charge is 0.462 e. The maximum atomic E-state index is 12.9. The molecule has 0 rings (SSSR count). The van der Waals surface area contributed by atoms with E-state index in [-0.39, 0.29) is 31.1 Å². The second-order valence-electron chi connectivity index (χ2n) is 20.2. The van der Waals surface area contributed by atoms with Gasteiger partial charge in [-0.2, -0.15) is 0 Å². The smallest absolute Gasteiger partial charge is 0.306 e. The van der Waals surface area contributed by atoms with E-state index in [1.807, 2.05) is 0 Å². The van der Waals surface area contributed by atoms with Gasteiger partial charge in [0.15, 0.2) is 6.10 Å². The van der Waals surface area contributed by atoms with Crippen molar-refractivity contribution in [2.45, 2.75) is 284 Å². The number of carbonyl (C=O) groups is 3. The van der Waals surface area contributed by atoms with Crippen molar-refractivity contribution in [1.29, 1.82) is 0 Å². The van der Waals surface area contributed by atoms with Crippen LogP contribution in [0.4, 0.5) is 0 Å². The van der Waals surface area contributed by atoms with Crippen LogP contribution in [-0.2, 0) is 28.6 Å². The molecule has 0 aliphatic carbocycles. The summed E-state index contributed by atoms with van der Waals surface area (Å²) in [5.74, 6) is -0.963. The second kappa shape index (κ2) is 62.4. The van der Waals surface area contributed by atoms with Gasteiger partial charge in [-0.3, -0.25) is 14.4 Å². The summed E-state index contributed by atoms with van der Waals surface area (Å²) in [5.41, 5.74) is 0. The van der Waals surface area contributed by atoms with E-state index in [0.717, 1.165) is 122 Å². The molecule has 75 heavy (non-hydrogen) atoms. The van der Waals surface area contributed by atoms with Gasteiger partial charge in [0.05, 0.1) is 0 Å². The van der Waals surface area contributed by atoms with E-state index < -0.39 is 6.10 Å². The first-order valence-corrected chi connectivity index (χ1v) is 31.0. The third-order valence-electron chi connectivity index (χ3n) is 12.9. The highest BCUT2D eigenvalue weighted by Crippen LogP contribution is 2.14. The Morgan fingerprint density at radius 3 is 0.867 bits per heavy atom. The quantitative estimate of drug-likeness (QED) is 0.0261. The van der Waals surface area contributed by atoms with Gasteiger partial charge in [0.1, 0.15) is 13.2 Å². The highest BCUT2D eigenvalue weighted by molar-refractivity contribution is 5.71. The third kappa shape index (κ3) is 60.6. The molecule has 0 N–H and O–H groups in total. The molecule has 0 aliphatic heterocycles. The number of allylic oxidation sites excluding steroid dienone is 20. The highest BCUT2D eigenvalue weighted by atomic mass is 16.6. The summed E-state index contributed by atoms with van der Waals surface area (Å²) in [4.78, 5) is 38.3. The van der Waals surface area contributed by atoms with E-state index in [1.54, 1.807) is 0 Å². The van der Waals surface area contributed by atoms with Crippen LogP contribution in [0.25, 0.3) is 0 Å². The molecule has 1 atom stereocenters. The van der Waals surface area contributed by atoms with Crippen molar-refractivity contribution in [3.63, 3.8) is 0 Å². The topological polar surface area (TPSA) is 78.9 Å². The molecule has 6 nitrogen and oxygen atoms in total. The zero-order valence-electron chi connectivity index (χ0n) is 48.8. The molecule has 1 unspecified atom stereocenters. The Bertz CT molecular complexity index is 1570. The lowest BCUT2D eigenvalue weighted by Gasteiger charge is -2.18. The predicted molar refractivity (Wildman–Crippen MR) is 325 cm³/mol. The van der Waals surface area contributed by atoms with E-state index in [1.165, 1.54) is 109 Å². The molecule has 0 aromatic heterocycles. The minimum Gasteiger partial charge on any atom is -0.462 e. The fourth-order valence-electron chi connectivity index (χ4n) is 8.27. The highest BCUT2D eigenvalue weighted by Gasteiger charge is 2.19. The van der Waals surface area contributed by atoms with Gasteiger partial charge in [0.2, 0.25) is 0 Å². The SMILES string of the molecule is CC/C=C\C/C=C\C/C=C\C/C=C\C/C=C\C/C=C\CCCCC(=O)OCC(COC(=O)CCCCCCC/C=C\C/C=C\CCCCC)OC(=O)CCCCCCCCCCC/C=C\C/C=C\CCCCCCC.